The van der Waals surface area contributed by atoms with Crippen molar-refractivity contribution >= 4 is 22.5 Å². The molecule has 2 aromatic carbocycles. The van der Waals surface area contributed by atoms with Crippen LogP contribution < -0.4 is 10.9 Å². The molecule has 23 heavy (non-hydrogen) atoms. The number of aromatic amines is 1. The highest BCUT2D eigenvalue weighted by Crippen LogP contribution is 2.19. The van der Waals surface area contributed by atoms with Gasteiger partial charge in [0.1, 0.15) is 5.56 Å². The van der Waals surface area contributed by atoms with E-state index < -0.39 is 23.1 Å². The van der Waals surface area contributed by atoms with Gasteiger partial charge in [0.2, 0.25) is 0 Å². The summed E-state index contributed by atoms with van der Waals surface area (Å²) >= 11 is 0. The van der Waals surface area contributed by atoms with Crippen molar-refractivity contribution < 1.29 is 13.6 Å². The quantitative estimate of drug-likeness (QED) is 0.762. The Morgan fingerprint density at radius 3 is 2.57 bits per heavy atom. The lowest BCUT2D eigenvalue weighted by Gasteiger charge is -2.09. The molecule has 0 saturated carbocycles. The third-order valence-corrected chi connectivity index (χ3v) is 3.59. The van der Waals surface area contributed by atoms with E-state index in [2.05, 4.69) is 10.3 Å². The number of benzene rings is 2. The number of carbonyl (C=O) groups excluding carboxylic acids is 1. The molecule has 0 unspecified atom stereocenters. The van der Waals surface area contributed by atoms with E-state index >= 15 is 0 Å². The summed E-state index contributed by atoms with van der Waals surface area (Å²) in [5, 5.41) is 3.15. The minimum atomic E-state index is -1.08. The number of amides is 1. The van der Waals surface area contributed by atoms with Crippen LogP contribution >= 0.6 is 0 Å². The molecular formula is C17H12F2N2O2. The number of halogens is 2. The summed E-state index contributed by atoms with van der Waals surface area (Å²) in [6.07, 6.45) is 0. The Morgan fingerprint density at radius 1 is 1.09 bits per heavy atom. The van der Waals surface area contributed by atoms with Crippen LogP contribution in [0.3, 0.4) is 0 Å². The van der Waals surface area contributed by atoms with Crippen LogP contribution in [0.4, 0.5) is 14.5 Å². The van der Waals surface area contributed by atoms with E-state index in [0.717, 1.165) is 17.5 Å². The first kappa shape index (κ1) is 14.9. The molecule has 0 aliphatic carbocycles. The number of fused-ring (bicyclic) bond motifs is 1. The fraction of sp³-hybridized carbons (Fsp3) is 0.0588. The summed E-state index contributed by atoms with van der Waals surface area (Å²) in [6.45, 7) is 1.66. The number of nitrogens with one attached hydrogen (secondary N) is 2. The molecule has 0 radical (unpaired) electrons. The first-order valence-electron chi connectivity index (χ1n) is 6.85. The number of pyridine rings is 1. The van der Waals surface area contributed by atoms with Gasteiger partial charge in [-0.05, 0) is 30.7 Å². The molecular weight excluding hydrogens is 302 g/mol. The lowest BCUT2D eigenvalue weighted by atomic mass is 10.0. The third kappa shape index (κ3) is 2.70. The van der Waals surface area contributed by atoms with Gasteiger partial charge in [0, 0.05) is 22.7 Å². The fourth-order valence-electron chi connectivity index (χ4n) is 2.45. The van der Waals surface area contributed by atoms with Gasteiger partial charge in [0.25, 0.3) is 11.5 Å². The smallest absolute Gasteiger partial charge is 0.261 e. The Labute approximate surface area is 129 Å². The standard InChI is InChI=1S/C17H12F2N2O2/c1-9-11-4-2-3-5-14(11)21-17(23)15(9)16(22)20-10-6-7-12(18)13(19)8-10/h2-8H,1H3,(H,20,22)(H,21,23). The second kappa shape index (κ2) is 5.64. The Hall–Kier alpha value is -3.02. The first-order chi connectivity index (χ1) is 11.0. The molecule has 0 fully saturated rings. The molecule has 1 heterocycles. The predicted molar refractivity (Wildman–Crippen MR) is 83.6 cm³/mol. The van der Waals surface area contributed by atoms with Gasteiger partial charge >= 0.3 is 0 Å². The molecule has 0 saturated heterocycles. The van der Waals surface area contributed by atoms with E-state index in [0.29, 0.717) is 11.1 Å². The van der Waals surface area contributed by atoms with Gasteiger partial charge in [-0.2, -0.15) is 0 Å². The number of para-hydroxylation sites is 1. The lowest BCUT2D eigenvalue weighted by molar-refractivity contribution is 0.102. The molecule has 3 rings (SSSR count). The molecule has 0 atom stereocenters. The van der Waals surface area contributed by atoms with E-state index in [1.54, 1.807) is 31.2 Å². The maximum atomic E-state index is 13.2. The highest BCUT2D eigenvalue weighted by Gasteiger charge is 2.17. The van der Waals surface area contributed by atoms with E-state index in [9.17, 15) is 18.4 Å². The molecule has 0 bridgehead atoms. The Balaban J connectivity index is 2.04. The Kier molecular flexibility index (Phi) is 3.65. The van der Waals surface area contributed by atoms with Crippen LogP contribution in [-0.4, -0.2) is 10.9 Å². The zero-order chi connectivity index (χ0) is 16.6. The number of rotatable bonds is 2. The molecule has 4 nitrogen and oxygen atoms in total. The fourth-order valence-corrected chi connectivity index (χ4v) is 2.45. The highest BCUT2D eigenvalue weighted by atomic mass is 19.2. The Morgan fingerprint density at radius 2 is 1.83 bits per heavy atom. The molecule has 3 aromatic rings. The van der Waals surface area contributed by atoms with Gasteiger partial charge in [0.15, 0.2) is 11.6 Å². The van der Waals surface area contributed by atoms with Crippen LogP contribution in [0.25, 0.3) is 10.9 Å². The minimum Gasteiger partial charge on any atom is -0.322 e. The summed E-state index contributed by atoms with van der Waals surface area (Å²) in [5.74, 6) is -2.77. The Bertz CT molecular complexity index is 980. The third-order valence-electron chi connectivity index (χ3n) is 3.59. The predicted octanol–water partition coefficient (Wildman–Crippen LogP) is 3.37. The number of H-pyrrole nitrogens is 1. The van der Waals surface area contributed by atoms with Crippen molar-refractivity contribution in [3.63, 3.8) is 0 Å². The van der Waals surface area contributed by atoms with Crippen LogP contribution in [0, 0.1) is 18.6 Å². The van der Waals surface area contributed by atoms with E-state index in [-0.39, 0.29) is 11.3 Å². The van der Waals surface area contributed by atoms with Crippen LogP contribution in [0.15, 0.2) is 47.3 Å². The van der Waals surface area contributed by atoms with Crippen molar-refractivity contribution in [1.82, 2.24) is 4.98 Å². The summed E-state index contributed by atoms with van der Waals surface area (Å²) < 4.78 is 26.1. The highest BCUT2D eigenvalue weighted by molar-refractivity contribution is 6.07. The first-order valence-corrected chi connectivity index (χ1v) is 6.85. The lowest BCUT2D eigenvalue weighted by Crippen LogP contribution is -2.25. The summed E-state index contributed by atoms with van der Waals surface area (Å²) in [7, 11) is 0. The number of hydrogen-bond donors (Lipinski definition) is 2. The van der Waals surface area contributed by atoms with Crippen molar-refractivity contribution in [1.29, 1.82) is 0 Å². The molecule has 0 aliphatic heterocycles. The largest absolute Gasteiger partial charge is 0.322 e. The minimum absolute atomic E-state index is 0.0616. The zero-order valence-corrected chi connectivity index (χ0v) is 12.1. The molecule has 1 aromatic heterocycles. The van der Waals surface area contributed by atoms with E-state index in [4.69, 9.17) is 0 Å². The van der Waals surface area contributed by atoms with Gasteiger partial charge in [-0.15, -0.1) is 0 Å². The SMILES string of the molecule is Cc1c(C(=O)Nc2ccc(F)c(F)c2)c(=O)[nH]c2ccccc12. The van der Waals surface area contributed by atoms with E-state index in [1.165, 1.54) is 6.07 Å². The maximum absolute atomic E-state index is 13.2. The second-order valence-corrected chi connectivity index (χ2v) is 5.08. The molecule has 0 aliphatic rings. The summed E-state index contributed by atoms with van der Waals surface area (Å²) in [6, 6.07) is 10.1. The van der Waals surface area contributed by atoms with Crippen molar-refractivity contribution in [3.8, 4) is 0 Å². The molecule has 116 valence electrons. The van der Waals surface area contributed by atoms with Gasteiger partial charge in [-0.25, -0.2) is 8.78 Å². The summed E-state index contributed by atoms with van der Waals surface area (Å²) in [4.78, 5) is 27.1. The van der Waals surface area contributed by atoms with Crippen LogP contribution in [0.5, 0.6) is 0 Å². The van der Waals surface area contributed by atoms with Crippen molar-refractivity contribution in [2.45, 2.75) is 6.92 Å². The zero-order valence-electron chi connectivity index (χ0n) is 12.1. The van der Waals surface area contributed by atoms with Crippen LogP contribution in [0.1, 0.15) is 15.9 Å². The molecule has 0 spiro atoms. The number of aryl methyl sites for hydroxylation is 1. The average Bonchev–Trinajstić information content (AvgIpc) is 2.51. The van der Waals surface area contributed by atoms with Crippen LogP contribution in [-0.2, 0) is 0 Å². The number of anilines is 1. The van der Waals surface area contributed by atoms with Gasteiger partial charge in [-0.1, -0.05) is 18.2 Å². The normalized spacial score (nSPS) is 10.7. The molecule has 1 amide bonds. The maximum Gasteiger partial charge on any atom is 0.261 e. The molecule has 2 N–H and O–H groups in total. The summed E-state index contributed by atoms with van der Waals surface area (Å²) in [5.41, 5.74) is 0.611. The number of carbonyl (C=O) groups is 1. The monoisotopic (exact) mass is 314 g/mol. The van der Waals surface area contributed by atoms with Crippen molar-refractivity contribution in [2.75, 3.05) is 5.32 Å². The molecule has 6 heteroatoms. The van der Waals surface area contributed by atoms with Gasteiger partial charge in [0.05, 0.1) is 0 Å². The number of hydrogen-bond acceptors (Lipinski definition) is 2. The van der Waals surface area contributed by atoms with E-state index in [1.807, 2.05) is 0 Å². The average molecular weight is 314 g/mol. The van der Waals surface area contributed by atoms with Gasteiger partial charge < -0.3 is 10.3 Å². The topological polar surface area (TPSA) is 62.0 Å². The van der Waals surface area contributed by atoms with Crippen LogP contribution in [0.2, 0.25) is 0 Å². The van der Waals surface area contributed by atoms with Crippen molar-refractivity contribution in [3.05, 3.63) is 75.6 Å². The second-order valence-electron chi connectivity index (χ2n) is 5.08. The number of aromatic nitrogens is 1. The van der Waals surface area contributed by atoms with Gasteiger partial charge in [-0.3, -0.25) is 9.59 Å². The van der Waals surface area contributed by atoms with Crippen molar-refractivity contribution in [2.24, 2.45) is 0 Å².